The molecule has 2 aromatic rings. The molecule has 5 nitrogen and oxygen atoms in total. The van der Waals surface area contributed by atoms with Crippen LogP contribution < -0.4 is 0 Å². The summed E-state index contributed by atoms with van der Waals surface area (Å²) < 4.78 is 1.66. The number of hydrogen-bond acceptors (Lipinski definition) is 5. The Labute approximate surface area is 115 Å². The van der Waals surface area contributed by atoms with Gasteiger partial charge in [-0.15, -0.1) is 16.4 Å². The summed E-state index contributed by atoms with van der Waals surface area (Å²) in [4.78, 5) is 8.61. The van der Waals surface area contributed by atoms with Gasteiger partial charge in [0.2, 0.25) is 0 Å². The molecule has 0 bridgehead atoms. The van der Waals surface area contributed by atoms with Crippen LogP contribution in [0.3, 0.4) is 0 Å². The molecular weight excluding hydrogens is 258 g/mol. The highest BCUT2D eigenvalue weighted by Crippen LogP contribution is 2.34. The largest absolute Gasteiger partial charge is 0.252 e. The highest BCUT2D eigenvalue weighted by molar-refractivity contribution is 7.09. The first-order valence-corrected chi connectivity index (χ1v) is 7.47. The maximum atomic E-state index is 8.69. The predicted octanol–water partition coefficient (Wildman–Crippen LogP) is 2.70. The van der Waals surface area contributed by atoms with Crippen LogP contribution in [-0.4, -0.2) is 19.7 Å². The molecule has 3 rings (SSSR count). The van der Waals surface area contributed by atoms with E-state index in [4.69, 9.17) is 10.2 Å². The predicted molar refractivity (Wildman–Crippen MR) is 71.8 cm³/mol. The molecule has 0 spiro atoms. The van der Waals surface area contributed by atoms with Crippen molar-refractivity contribution >= 4 is 11.3 Å². The number of thiazole rings is 1. The lowest BCUT2D eigenvalue weighted by molar-refractivity contribution is 0.441. The lowest BCUT2D eigenvalue weighted by Gasteiger charge is -2.18. The fourth-order valence-corrected chi connectivity index (χ4v) is 3.50. The summed E-state index contributed by atoms with van der Waals surface area (Å²) in [5.74, 6) is 0.862. The average Bonchev–Trinajstić information content (AvgIpc) is 3.09. The minimum Gasteiger partial charge on any atom is -0.246 e. The fraction of sp³-hybridized carbons (Fsp3) is 0.538. The van der Waals surface area contributed by atoms with Gasteiger partial charge in [-0.25, -0.2) is 14.6 Å². The molecular formula is C13H15N5S. The Bertz CT molecular complexity index is 588. The van der Waals surface area contributed by atoms with E-state index in [1.54, 1.807) is 22.3 Å². The summed E-state index contributed by atoms with van der Waals surface area (Å²) in [7, 11) is 0. The van der Waals surface area contributed by atoms with Crippen LogP contribution in [0.4, 0.5) is 0 Å². The van der Waals surface area contributed by atoms with Crippen LogP contribution >= 0.6 is 11.3 Å². The third kappa shape index (κ3) is 2.82. The smallest absolute Gasteiger partial charge is 0.246 e. The SMILES string of the molecule is N#Cc1ncn(Cc2csc(C3CCCCC3)n2)n1. The topological polar surface area (TPSA) is 67.4 Å². The maximum Gasteiger partial charge on any atom is 0.252 e. The summed E-state index contributed by atoms with van der Waals surface area (Å²) in [6.07, 6.45) is 8.15. The molecule has 0 N–H and O–H groups in total. The summed E-state index contributed by atoms with van der Waals surface area (Å²) in [5.41, 5.74) is 1.01. The van der Waals surface area contributed by atoms with Crippen LogP contribution in [-0.2, 0) is 6.54 Å². The van der Waals surface area contributed by atoms with E-state index in [1.807, 2.05) is 6.07 Å². The molecule has 19 heavy (non-hydrogen) atoms. The molecule has 2 aromatic heterocycles. The van der Waals surface area contributed by atoms with Gasteiger partial charge >= 0.3 is 0 Å². The van der Waals surface area contributed by atoms with Gasteiger partial charge in [0.15, 0.2) is 0 Å². The molecule has 6 heteroatoms. The van der Waals surface area contributed by atoms with Crippen LogP contribution in [0, 0.1) is 11.3 Å². The van der Waals surface area contributed by atoms with Crippen molar-refractivity contribution in [3.8, 4) is 6.07 Å². The first-order valence-electron chi connectivity index (χ1n) is 6.59. The average molecular weight is 273 g/mol. The molecule has 98 valence electrons. The molecule has 0 unspecified atom stereocenters. The lowest BCUT2D eigenvalue weighted by atomic mass is 9.90. The quantitative estimate of drug-likeness (QED) is 0.862. The van der Waals surface area contributed by atoms with Crippen molar-refractivity contribution in [3.05, 3.63) is 28.2 Å². The van der Waals surface area contributed by atoms with Gasteiger partial charge in [-0.2, -0.15) is 5.26 Å². The fourth-order valence-electron chi connectivity index (χ4n) is 2.52. The molecule has 0 saturated heterocycles. The van der Waals surface area contributed by atoms with Gasteiger partial charge < -0.3 is 0 Å². The Morgan fingerprint density at radius 2 is 2.21 bits per heavy atom. The van der Waals surface area contributed by atoms with Crippen molar-refractivity contribution in [2.45, 2.75) is 44.6 Å². The van der Waals surface area contributed by atoms with Crippen molar-refractivity contribution in [1.29, 1.82) is 5.26 Å². The van der Waals surface area contributed by atoms with Gasteiger partial charge in [-0.3, -0.25) is 0 Å². The number of hydrogen-bond donors (Lipinski definition) is 0. The molecule has 1 aliphatic carbocycles. The van der Waals surface area contributed by atoms with Gasteiger partial charge in [0.25, 0.3) is 5.82 Å². The van der Waals surface area contributed by atoms with Gasteiger partial charge in [0, 0.05) is 11.3 Å². The molecule has 0 aliphatic heterocycles. The molecule has 0 amide bonds. The normalized spacial score (nSPS) is 16.4. The van der Waals surface area contributed by atoms with Gasteiger partial charge in [-0.1, -0.05) is 19.3 Å². The van der Waals surface area contributed by atoms with Gasteiger partial charge in [-0.05, 0) is 12.8 Å². The summed E-state index contributed by atoms with van der Waals surface area (Å²) in [6, 6.07) is 1.93. The Kier molecular flexibility index (Phi) is 3.56. The Morgan fingerprint density at radius 3 is 2.95 bits per heavy atom. The molecule has 2 heterocycles. The first kappa shape index (κ1) is 12.3. The summed E-state index contributed by atoms with van der Waals surface area (Å²) >= 11 is 1.75. The van der Waals surface area contributed by atoms with E-state index in [0.717, 1.165) is 5.69 Å². The molecule has 0 radical (unpaired) electrons. The zero-order valence-corrected chi connectivity index (χ0v) is 11.4. The van der Waals surface area contributed by atoms with Crippen molar-refractivity contribution in [1.82, 2.24) is 19.7 Å². The van der Waals surface area contributed by atoms with Crippen molar-refractivity contribution in [2.24, 2.45) is 0 Å². The second-order valence-electron chi connectivity index (χ2n) is 4.89. The van der Waals surface area contributed by atoms with E-state index >= 15 is 0 Å². The van der Waals surface area contributed by atoms with Crippen LogP contribution in [0.2, 0.25) is 0 Å². The van der Waals surface area contributed by atoms with E-state index in [-0.39, 0.29) is 5.82 Å². The Morgan fingerprint density at radius 1 is 1.37 bits per heavy atom. The molecule has 0 aromatic carbocycles. The van der Waals surface area contributed by atoms with Crippen LogP contribution in [0.5, 0.6) is 0 Å². The number of nitrogens with zero attached hydrogens (tertiary/aromatic N) is 5. The highest BCUT2D eigenvalue weighted by Gasteiger charge is 2.18. The van der Waals surface area contributed by atoms with Gasteiger partial charge in [0.1, 0.15) is 12.4 Å². The lowest BCUT2D eigenvalue weighted by Crippen LogP contribution is -2.05. The monoisotopic (exact) mass is 273 g/mol. The van der Waals surface area contributed by atoms with Crippen LogP contribution in [0.25, 0.3) is 0 Å². The molecule has 1 saturated carbocycles. The number of rotatable bonds is 3. The van der Waals surface area contributed by atoms with Crippen LogP contribution in [0.1, 0.15) is 54.5 Å². The minimum absolute atomic E-state index is 0.211. The van der Waals surface area contributed by atoms with Crippen molar-refractivity contribution in [2.75, 3.05) is 0 Å². The zero-order chi connectivity index (χ0) is 13.1. The third-order valence-corrected chi connectivity index (χ3v) is 4.54. The second-order valence-corrected chi connectivity index (χ2v) is 5.78. The Balaban J connectivity index is 1.69. The van der Waals surface area contributed by atoms with Gasteiger partial charge in [0.05, 0.1) is 17.2 Å². The third-order valence-electron chi connectivity index (χ3n) is 3.48. The van der Waals surface area contributed by atoms with E-state index in [0.29, 0.717) is 12.5 Å². The highest BCUT2D eigenvalue weighted by atomic mass is 32.1. The zero-order valence-electron chi connectivity index (χ0n) is 10.6. The molecule has 1 aliphatic rings. The molecule has 1 fully saturated rings. The van der Waals surface area contributed by atoms with E-state index < -0.39 is 0 Å². The Hall–Kier alpha value is -1.74. The standard InChI is InChI=1S/C13H15N5S/c14-6-12-15-9-18(17-12)7-11-8-19-13(16-11)10-4-2-1-3-5-10/h8-10H,1-5,7H2. The first-order chi connectivity index (χ1) is 9.35. The van der Waals surface area contributed by atoms with Crippen molar-refractivity contribution in [3.63, 3.8) is 0 Å². The summed E-state index contributed by atoms with van der Waals surface area (Å²) in [5, 5.41) is 16.1. The minimum atomic E-state index is 0.211. The van der Waals surface area contributed by atoms with E-state index in [1.165, 1.54) is 37.1 Å². The summed E-state index contributed by atoms with van der Waals surface area (Å²) in [6.45, 7) is 0.595. The van der Waals surface area contributed by atoms with Crippen LogP contribution in [0.15, 0.2) is 11.7 Å². The maximum absolute atomic E-state index is 8.69. The number of aromatic nitrogens is 4. The number of nitriles is 1. The van der Waals surface area contributed by atoms with Crippen molar-refractivity contribution < 1.29 is 0 Å². The van der Waals surface area contributed by atoms with E-state index in [2.05, 4.69) is 15.5 Å². The molecule has 0 atom stereocenters. The second kappa shape index (κ2) is 5.49. The van der Waals surface area contributed by atoms with E-state index in [9.17, 15) is 0 Å².